The fraction of sp³-hybridized carbons (Fsp3) is 0.556. The van der Waals surface area contributed by atoms with Gasteiger partial charge in [0.05, 0.1) is 17.6 Å². The molecule has 8 nitrogen and oxygen atoms in total. The van der Waals surface area contributed by atoms with E-state index in [4.69, 9.17) is 0 Å². The van der Waals surface area contributed by atoms with Crippen LogP contribution >= 0.6 is 0 Å². The van der Waals surface area contributed by atoms with Gasteiger partial charge in [0.2, 0.25) is 0 Å². The van der Waals surface area contributed by atoms with E-state index < -0.39 is 10.9 Å². The standard InChI is InChI=1S/C18H23N3O5/c1-26-18(23)14-10-13(11-16(12-14)21(24)25)17(22)20-8-6-19(7-9-20)15-4-2-3-5-15/h10-12,15H,2-9H2,1H3. The van der Waals surface area contributed by atoms with Crippen molar-refractivity contribution in [2.24, 2.45) is 0 Å². The fourth-order valence-electron chi connectivity index (χ4n) is 3.82. The number of esters is 1. The zero-order chi connectivity index (χ0) is 18.7. The molecule has 0 unspecified atom stereocenters. The Morgan fingerprint density at radius 3 is 2.27 bits per heavy atom. The summed E-state index contributed by atoms with van der Waals surface area (Å²) in [6, 6.07) is 4.33. The van der Waals surface area contributed by atoms with Gasteiger partial charge in [-0.2, -0.15) is 0 Å². The highest BCUT2D eigenvalue weighted by atomic mass is 16.6. The molecule has 1 aliphatic heterocycles. The third kappa shape index (κ3) is 3.85. The van der Waals surface area contributed by atoms with Crippen molar-refractivity contribution < 1.29 is 19.2 Å². The second kappa shape index (κ2) is 7.82. The Balaban J connectivity index is 1.74. The number of hydrogen-bond acceptors (Lipinski definition) is 6. The number of nitro groups is 1. The molecule has 2 aliphatic rings. The molecule has 1 saturated carbocycles. The zero-order valence-electron chi connectivity index (χ0n) is 14.8. The lowest BCUT2D eigenvalue weighted by molar-refractivity contribution is -0.384. The number of benzene rings is 1. The van der Waals surface area contributed by atoms with Gasteiger partial charge in [0.25, 0.3) is 11.6 Å². The summed E-state index contributed by atoms with van der Waals surface area (Å²) < 4.78 is 4.63. The lowest BCUT2D eigenvalue weighted by atomic mass is 10.1. The Morgan fingerprint density at radius 1 is 1.08 bits per heavy atom. The maximum Gasteiger partial charge on any atom is 0.338 e. The summed E-state index contributed by atoms with van der Waals surface area (Å²) in [7, 11) is 1.20. The molecule has 1 amide bonds. The number of nitro benzene ring substituents is 1. The molecule has 0 bridgehead atoms. The van der Waals surface area contributed by atoms with Gasteiger partial charge in [-0.3, -0.25) is 19.8 Å². The third-order valence-corrected chi connectivity index (χ3v) is 5.24. The maximum absolute atomic E-state index is 12.8. The van der Waals surface area contributed by atoms with Gasteiger partial charge in [0.1, 0.15) is 0 Å². The largest absolute Gasteiger partial charge is 0.465 e. The molecule has 1 aromatic carbocycles. The second-order valence-corrected chi connectivity index (χ2v) is 6.78. The first-order chi connectivity index (χ1) is 12.5. The van der Waals surface area contributed by atoms with Crippen LogP contribution in [0.25, 0.3) is 0 Å². The number of methoxy groups -OCH3 is 1. The molecule has 0 N–H and O–H groups in total. The lowest BCUT2D eigenvalue weighted by Crippen LogP contribution is -2.51. The summed E-state index contributed by atoms with van der Waals surface area (Å²) >= 11 is 0. The molecular weight excluding hydrogens is 338 g/mol. The highest BCUT2D eigenvalue weighted by Gasteiger charge is 2.29. The van der Waals surface area contributed by atoms with Crippen LogP contribution in [0, 0.1) is 10.1 Å². The molecule has 1 aromatic rings. The van der Waals surface area contributed by atoms with Gasteiger partial charge in [0.15, 0.2) is 0 Å². The minimum absolute atomic E-state index is 0.00893. The predicted octanol–water partition coefficient (Wildman–Crippen LogP) is 2.08. The number of piperazine rings is 1. The smallest absolute Gasteiger partial charge is 0.338 e. The molecule has 0 aromatic heterocycles. The van der Waals surface area contributed by atoms with Crippen LogP contribution in [0.4, 0.5) is 5.69 Å². The number of carbonyl (C=O) groups is 2. The molecular formula is C18H23N3O5. The molecule has 8 heteroatoms. The average molecular weight is 361 g/mol. The van der Waals surface area contributed by atoms with Crippen molar-refractivity contribution in [2.45, 2.75) is 31.7 Å². The quantitative estimate of drug-likeness (QED) is 0.463. The Labute approximate surface area is 151 Å². The fourth-order valence-corrected chi connectivity index (χ4v) is 3.82. The van der Waals surface area contributed by atoms with Crippen LogP contribution in [0.1, 0.15) is 46.4 Å². The van der Waals surface area contributed by atoms with Gasteiger partial charge in [-0.05, 0) is 18.9 Å². The molecule has 0 atom stereocenters. The Hall–Kier alpha value is -2.48. The van der Waals surface area contributed by atoms with E-state index in [1.54, 1.807) is 4.90 Å². The molecule has 140 valence electrons. The summed E-state index contributed by atoms with van der Waals surface area (Å²) in [6.07, 6.45) is 4.99. The van der Waals surface area contributed by atoms with Crippen LogP contribution in [0.15, 0.2) is 18.2 Å². The number of amides is 1. The van der Waals surface area contributed by atoms with E-state index in [-0.39, 0.29) is 22.7 Å². The van der Waals surface area contributed by atoms with Gasteiger partial charge in [-0.25, -0.2) is 4.79 Å². The number of carbonyl (C=O) groups excluding carboxylic acids is 2. The number of ether oxygens (including phenoxy) is 1. The normalized spacial score (nSPS) is 18.7. The molecule has 1 saturated heterocycles. The van der Waals surface area contributed by atoms with Crippen molar-refractivity contribution in [3.05, 3.63) is 39.4 Å². The van der Waals surface area contributed by atoms with Crippen molar-refractivity contribution in [3.8, 4) is 0 Å². The van der Waals surface area contributed by atoms with Crippen LogP contribution in [0.2, 0.25) is 0 Å². The summed E-state index contributed by atoms with van der Waals surface area (Å²) in [5.74, 6) is -0.987. The Kier molecular flexibility index (Phi) is 5.51. The number of non-ortho nitro benzene ring substituents is 1. The lowest BCUT2D eigenvalue weighted by Gasteiger charge is -2.38. The topological polar surface area (TPSA) is 93.0 Å². The van der Waals surface area contributed by atoms with Gasteiger partial charge in [0, 0.05) is 49.9 Å². The van der Waals surface area contributed by atoms with E-state index in [1.807, 2.05) is 0 Å². The summed E-state index contributed by atoms with van der Waals surface area (Å²) in [5, 5.41) is 11.1. The van der Waals surface area contributed by atoms with Gasteiger partial charge >= 0.3 is 5.97 Å². The molecule has 2 fully saturated rings. The molecule has 3 rings (SSSR count). The highest BCUT2D eigenvalue weighted by molar-refractivity contribution is 5.99. The monoisotopic (exact) mass is 361 g/mol. The molecule has 1 heterocycles. The zero-order valence-corrected chi connectivity index (χ0v) is 14.8. The first-order valence-electron chi connectivity index (χ1n) is 8.90. The van der Waals surface area contributed by atoms with E-state index in [9.17, 15) is 19.7 Å². The maximum atomic E-state index is 12.8. The molecule has 26 heavy (non-hydrogen) atoms. The summed E-state index contributed by atoms with van der Waals surface area (Å²) in [5.41, 5.74) is -0.135. The Morgan fingerprint density at radius 2 is 1.69 bits per heavy atom. The van der Waals surface area contributed by atoms with E-state index >= 15 is 0 Å². The van der Waals surface area contributed by atoms with Crippen molar-refractivity contribution >= 4 is 17.6 Å². The third-order valence-electron chi connectivity index (χ3n) is 5.24. The van der Waals surface area contributed by atoms with Crippen LogP contribution in [0.3, 0.4) is 0 Å². The predicted molar refractivity (Wildman–Crippen MR) is 94.2 cm³/mol. The molecule has 0 radical (unpaired) electrons. The van der Waals surface area contributed by atoms with E-state index in [0.29, 0.717) is 19.1 Å². The van der Waals surface area contributed by atoms with Gasteiger partial charge in [-0.15, -0.1) is 0 Å². The number of rotatable bonds is 4. The van der Waals surface area contributed by atoms with E-state index in [0.717, 1.165) is 19.2 Å². The van der Waals surface area contributed by atoms with Crippen LogP contribution in [-0.4, -0.2) is 65.9 Å². The van der Waals surface area contributed by atoms with Crippen LogP contribution < -0.4 is 0 Å². The molecule has 1 aliphatic carbocycles. The van der Waals surface area contributed by atoms with E-state index in [2.05, 4.69) is 9.64 Å². The Bertz CT molecular complexity index is 707. The van der Waals surface area contributed by atoms with Crippen molar-refractivity contribution in [1.29, 1.82) is 0 Å². The first-order valence-corrected chi connectivity index (χ1v) is 8.90. The highest BCUT2D eigenvalue weighted by Crippen LogP contribution is 2.25. The summed E-state index contributed by atoms with van der Waals surface area (Å²) in [4.78, 5) is 39.2. The minimum atomic E-state index is -0.700. The van der Waals surface area contributed by atoms with Gasteiger partial charge < -0.3 is 9.64 Å². The van der Waals surface area contributed by atoms with Crippen LogP contribution in [0.5, 0.6) is 0 Å². The first kappa shape index (κ1) is 18.3. The molecule has 0 spiro atoms. The number of nitrogens with zero attached hydrogens (tertiary/aromatic N) is 3. The number of hydrogen-bond donors (Lipinski definition) is 0. The second-order valence-electron chi connectivity index (χ2n) is 6.78. The minimum Gasteiger partial charge on any atom is -0.465 e. The van der Waals surface area contributed by atoms with Crippen molar-refractivity contribution in [1.82, 2.24) is 9.80 Å². The van der Waals surface area contributed by atoms with Crippen LogP contribution in [-0.2, 0) is 4.74 Å². The SMILES string of the molecule is COC(=O)c1cc(C(=O)N2CCN(C3CCCC3)CC2)cc([N+](=O)[O-])c1. The summed E-state index contributed by atoms with van der Waals surface area (Å²) in [6.45, 7) is 2.81. The average Bonchev–Trinajstić information content (AvgIpc) is 3.21. The van der Waals surface area contributed by atoms with Gasteiger partial charge in [-0.1, -0.05) is 12.8 Å². The van der Waals surface area contributed by atoms with E-state index in [1.165, 1.54) is 44.9 Å². The van der Waals surface area contributed by atoms with Crippen molar-refractivity contribution in [2.75, 3.05) is 33.3 Å². The van der Waals surface area contributed by atoms with Crippen molar-refractivity contribution in [3.63, 3.8) is 0 Å².